The lowest BCUT2D eigenvalue weighted by molar-refractivity contribution is 0.233. The molecule has 0 radical (unpaired) electrons. The van der Waals surface area contributed by atoms with E-state index in [1.54, 1.807) is 4.31 Å². The van der Waals surface area contributed by atoms with Crippen LogP contribution in [0, 0.1) is 5.92 Å². The van der Waals surface area contributed by atoms with Gasteiger partial charge in [-0.25, -0.2) is 12.7 Å². The molecular weight excluding hydrogens is 284 g/mol. The van der Waals surface area contributed by atoms with Crippen molar-refractivity contribution in [2.45, 2.75) is 71.3 Å². The van der Waals surface area contributed by atoms with Crippen molar-refractivity contribution < 1.29 is 8.42 Å². The lowest BCUT2D eigenvalue weighted by Crippen LogP contribution is -2.41. The quantitative estimate of drug-likeness (QED) is 0.630. The summed E-state index contributed by atoms with van der Waals surface area (Å²) in [5, 5.41) is 3.59. The first-order valence-electron chi connectivity index (χ1n) is 8.65. The molecule has 0 bridgehead atoms. The molecule has 1 N–H and O–H groups in total. The summed E-state index contributed by atoms with van der Waals surface area (Å²) in [7, 11) is -3.02. The van der Waals surface area contributed by atoms with Gasteiger partial charge in [0, 0.05) is 19.1 Å². The fourth-order valence-electron chi connectivity index (χ4n) is 3.33. The highest BCUT2D eigenvalue weighted by Crippen LogP contribution is 2.24. The monoisotopic (exact) mass is 318 g/mol. The number of hydrogen-bond acceptors (Lipinski definition) is 3. The number of hydrogen-bond donors (Lipinski definition) is 1. The van der Waals surface area contributed by atoms with E-state index in [9.17, 15) is 8.42 Å². The maximum absolute atomic E-state index is 11.7. The molecule has 2 atom stereocenters. The van der Waals surface area contributed by atoms with Crippen LogP contribution >= 0.6 is 0 Å². The van der Waals surface area contributed by atoms with Gasteiger partial charge in [-0.2, -0.15) is 0 Å². The van der Waals surface area contributed by atoms with Crippen molar-refractivity contribution in [1.82, 2.24) is 9.62 Å². The molecule has 0 aromatic heterocycles. The zero-order valence-corrected chi connectivity index (χ0v) is 14.9. The summed E-state index contributed by atoms with van der Waals surface area (Å²) in [5.41, 5.74) is 0. The molecule has 1 fully saturated rings. The van der Waals surface area contributed by atoms with Crippen LogP contribution in [-0.4, -0.2) is 44.7 Å². The maximum atomic E-state index is 11.7. The number of unbranched alkanes of at least 4 members (excludes halogenated alkanes) is 3. The molecule has 126 valence electrons. The molecule has 0 spiro atoms. The Morgan fingerprint density at radius 1 is 1.24 bits per heavy atom. The lowest BCUT2D eigenvalue weighted by Gasteiger charge is -2.33. The molecule has 0 aromatic carbocycles. The smallest absolute Gasteiger partial charge is 0.211 e. The van der Waals surface area contributed by atoms with Gasteiger partial charge in [0.2, 0.25) is 10.0 Å². The second kappa shape index (κ2) is 9.80. The minimum atomic E-state index is -3.02. The number of nitrogens with one attached hydrogen (secondary N) is 1. The summed E-state index contributed by atoms with van der Waals surface area (Å²) in [6.07, 6.45) is 11.1. The summed E-state index contributed by atoms with van der Waals surface area (Å²) in [4.78, 5) is 0. The Morgan fingerprint density at radius 2 is 2.00 bits per heavy atom. The third kappa shape index (κ3) is 7.61. The lowest BCUT2D eigenvalue weighted by atomic mass is 9.90. The van der Waals surface area contributed by atoms with Crippen molar-refractivity contribution in [3.05, 3.63) is 0 Å². The molecule has 1 aliphatic heterocycles. The molecular formula is C16H34N2O2S. The van der Waals surface area contributed by atoms with Gasteiger partial charge in [-0.15, -0.1) is 0 Å². The molecule has 0 aliphatic carbocycles. The van der Waals surface area contributed by atoms with Crippen LogP contribution in [0.15, 0.2) is 0 Å². The maximum Gasteiger partial charge on any atom is 0.211 e. The third-order valence-corrected chi connectivity index (χ3v) is 5.74. The van der Waals surface area contributed by atoms with Gasteiger partial charge in [0.15, 0.2) is 0 Å². The molecule has 1 rings (SSSR count). The fourth-order valence-corrected chi connectivity index (χ4v) is 4.27. The average Bonchev–Trinajstić information content (AvgIpc) is 2.43. The number of nitrogens with zero attached hydrogens (tertiary/aromatic N) is 1. The predicted molar refractivity (Wildman–Crippen MR) is 90.0 cm³/mol. The first-order valence-corrected chi connectivity index (χ1v) is 10.5. The first-order chi connectivity index (χ1) is 9.97. The van der Waals surface area contributed by atoms with Crippen LogP contribution in [0.4, 0.5) is 0 Å². The molecule has 0 aromatic rings. The van der Waals surface area contributed by atoms with Crippen LogP contribution in [0.1, 0.15) is 65.2 Å². The van der Waals surface area contributed by atoms with Gasteiger partial charge in [-0.05, 0) is 38.1 Å². The Kier molecular flexibility index (Phi) is 8.83. The Labute approximate surface area is 131 Å². The minimum Gasteiger partial charge on any atom is -0.314 e. The molecule has 1 heterocycles. The van der Waals surface area contributed by atoms with Crippen LogP contribution < -0.4 is 5.32 Å². The Morgan fingerprint density at radius 3 is 2.62 bits per heavy atom. The van der Waals surface area contributed by atoms with E-state index in [2.05, 4.69) is 19.2 Å². The second-order valence-electron chi connectivity index (χ2n) is 6.47. The van der Waals surface area contributed by atoms with E-state index in [1.165, 1.54) is 44.8 Å². The van der Waals surface area contributed by atoms with E-state index >= 15 is 0 Å². The van der Waals surface area contributed by atoms with Crippen molar-refractivity contribution in [3.8, 4) is 0 Å². The van der Waals surface area contributed by atoms with E-state index < -0.39 is 10.0 Å². The van der Waals surface area contributed by atoms with Gasteiger partial charge in [-0.1, -0.05) is 39.5 Å². The molecule has 0 amide bonds. The fraction of sp³-hybridized carbons (Fsp3) is 1.00. The van der Waals surface area contributed by atoms with Crippen LogP contribution in [0.25, 0.3) is 0 Å². The standard InChI is InChI=1S/C16H34N2O2S/c1-4-6-7-8-11-16(17-5-2)13-15-10-9-12-18(14-15)21(3,19)20/h15-17H,4-14H2,1-3H3. The van der Waals surface area contributed by atoms with Crippen LogP contribution in [0.2, 0.25) is 0 Å². The number of piperidine rings is 1. The first kappa shape index (κ1) is 18.9. The third-order valence-electron chi connectivity index (χ3n) is 4.47. The predicted octanol–water partition coefficient (Wildman–Crippen LogP) is 3.00. The molecule has 21 heavy (non-hydrogen) atoms. The van der Waals surface area contributed by atoms with E-state index in [0.717, 1.165) is 25.9 Å². The molecule has 0 saturated carbocycles. The topological polar surface area (TPSA) is 49.4 Å². The number of sulfonamides is 1. The molecule has 1 aliphatic rings. The highest BCUT2D eigenvalue weighted by atomic mass is 32.2. The Balaban J connectivity index is 2.42. The van der Waals surface area contributed by atoms with Gasteiger partial charge in [0.1, 0.15) is 0 Å². The van der Waals surface area contributed by atoms with Crippen molar-refractivity contribution >= 4 is 10.0 Å². The zero-order chi connectivity index (χ0) is 15.7. The normalized spacial score (nSPS) is 22.3. The van der Waals surface area contributed by atoms with Crippen LogP contribution in [0.5, 0.6) is 0 Å². The van der Waals surface area contributed by atoms with Crippen molar-refractivity contribution in [3.63, 3.8) is 0 Å². The Hall–Kier alpha value is -0.130. The SMILES string of the molecule is CCCCCCC(CC1CCCN(S(C)(=O)=O)C1)NCC. The molecule has 4 nitrogen and oxygen atoms in total. The minimum absolute atomic E-state index is 0.517. The molecule has 1 saturated heterocycles. The van der Waals surface area contributed by atoms with Gasteiger partial charge in [0.25, 0.3) is 0 Å². The summed E-state index contributed by atoms with van der Waals surface area (Å²) < 4.78 is 25.1. The highest BCUT2D eigenvalue weighted by molar-refractivity contribution is 7.88. The van der Waals surface area contributed by atoms with Gasteiger partial charge >= 0.3 is 0 Å². The number of rotatable bonds is 10. The summed E-state index contributed by atoms with van der Waals surface area (Å²) in [6.45, 7) is 6.82. The largest absolute Gasteiger partial charge is 0.314 e. The van der Waals surface area contributed by atoms with Gasteiger partial charge in [0.05, 0.1) is 6.26 Å². The summed E-state index contributed by atoms with van der Waals surface area (Å²) in [5.74, 6) is 0.517. The van der Waals surface area contributed by atoms with E-state index in [0.29, 0.717) is 18.5 Å². The van der Waals surface area contributed by atoms with Crippen molar-refractivity contribution in [2.24, 2.45) is 5.92 Å². The van der Waals surface area contributed by atoms with E-state index in [4.69, 9.17) is 0 Å². The van der Waals surface area contributed by atoms with Gasteiger partial charge in [-0.3, -0.25) is 0 Å². The Bertz CT molecular complexity index is 370. The second-order valence-corrected chi connectivity index (χ2v) is 8.45. The van der Waals surface area contributed by atoms with E-state index in [1.807, 2.05) is 0 Å². The van der Waals surface area contributed by atoms with Gasteiger partial charge < -0.3 is 5.32 Å². The highest BCUT2D eigenvalue weighted by Gasteiger charge is 2.27. The zero-order valence-electron chi connectivity index (χ0n) is 14.1. The average molecular weight is 319 g/mol. The summed E-state index contributed by atoms with van der Waals surface area (Å²) in [6, 6.07) is 0.552. The van der Waals surface area contributed by atoms with E-state index in [-0.39, 0.29) is 0 Å². The molecule has 2 unspecified atom stereocenters. The van der Waals surface area contributed by atoms with Crippen molar-refractivity contribution in [2.75, 3.05) is 25.9 Å². The van der Waals surface area contributed by atoms with Crippen LogP contribution in [-0.2, 0) is 10.0 Å². The summed E-state index contributed by atoms with van der Waals surface area (Å²) >= 11 is 0. The van der Waals surface area contributed by atoms with Crippen LogP contribution in [0.3, 0.4) is 0 Å². The van der Waals surface area contributed by atoms with Crippen molar-refractivity contribution in [1.29, 1.82) is 0 Å². The molecule has 5 heteroatoms.